The van der Waals surface area contributed by atoms with Crippen molar-refractivity contribution in [2.45, 2.75) is 38.3 Å². The molecule has 1 saturated heterocycles. The van der Waals surface area contributed by atoms with Crippen LogP contribution in [0, 0.1) is 0 Å². The topological polar surface area (TPSA) is 60.2 Å². The third kappa shape index (κ3) is 3.31. The van der Waals surface area contributed by atoms with Gasteiger partial charge < -0.3 is 9.26 Å². The summed E-state index contributed by atoms with van der Waals surface area (Å²) in [4.78, 5) is 4.51. The summed E-state index contributed by atoms with van der Waals surface area (Å²) in [6.45, 7) is 3.93. The number of ether oxygens (including phenoxy) is 1. The third-order valence-corrected chi connectivity index (χ3v) is 5.45. The van der Waals surface area contributed by atoms with E-state index in [0.717, 1.165) is 30.7 Å². The van der Waals surface area contributed by atoms with Crippen molar-refractivity contribution in [1.82, 2.24) is 15.5 Å². The summed E-state index contributed by atoms with van der Waals surface area (Å²) in [7, 11) is 0. The van der Waals surface area contributed by atoms with Crippen molar-refractivity contribution in [1.29, 1.82) is 0 Å². The van der Waals surface area contributed by atoms with E-state index in [1.165, 1.54) is 11.3 Å². The molecule has 120 valence electrons. The van der Waals surface area contributed by atoms with E-state index in [0.29, 0.717) is 34.3 Å². The Balaban J connectivity index is 1.81. The zero-order valence-corrected chi connectivity index (χ0v) is 14.5. The van der Waals surface area contributed by atoms with Crippen LogP contribution in [0.25, 0.3) is 0 Å². The molecule has 1 fully saturated rings. The number of aryl methyl sites for hydroxylation is 1. The van der Waals surface area contributed by atoms with Crippen LogP contribution in [0.3, 0.4) is 0 Å². The van der Waals surface area contributed by atoms with Crippen molar-refractivity contribution in [3.63, 3.8) is 0 Å². The molecule has 1 aliphatic heterocycles. The number of rotatable bonds is 5. The summed E-state index contributed by atoms with van der Waals surface area (Å²) in [6, 6.07) is 1.89. The van der Waals surface area contributed by atoms with Gasteiger partial charge in [-0.1, -0.05) is 35.3 Å². The minimum Gasteiger partial charge on any atom is -0.381 e. The van der Waals surface area contributed by atoms with Crippen LogP contribution in [-0.4, -0.2) is 23.4 Å². The zero-order chi connectivity index (χ0) is 15.6. The first-order chi connectivity index (χ1) is 10.6. The highest BCUT2D eigenvalue weighted by Gasteiger charge is 2.39. The fourth-order valence-corrected chi connectivity index (χ4v) is 4.02. The summed E-state index contributed by atoms with van der Waals surface area (Å²) in [5.74, 6) is 1.35. The van der Waals surface area contributed by atoms with E-state index in [-0.39, 0.29) is 5.54 Å². The molecule has 0 spiro atoms. The average molecular weight is 362 g/mol. The van der Waals surface area contributed by atoms with Crippen LogP contribution in [-0.2, 0) is 23.2 Å². The van der Waals surface area contributed by atoms with Crippen molar-refractivity contribution in [3.05, 3.63) is 32.0 Å². The summed E-state index contributed by atoms with van der Waals surface area (Å²) >= 11 is 13.6. The quantitative estimate of drug-likeness (QED) is 0.877. The number of hydrogen-bond acceptors (Lipinski definition) is 6. The number of nitrogens with one attached hydrogen (secondary N) is 1. The zero-order valence-electron chi connectivity index (χ0n) is 12.2. The minimum atomic E-state index is -0.365. The van der Waals surface area contributed by atoms with Crippen LogP contribution in [0.4, 0.5) is 0 Å². The fourth-order valence-electron chi connectivity index (χ4n) is 2.54. The monoisotopic (exact) mass is 361 g/mol. The van der Waals surface area contributed by atoms with Gasteiger partial charge in [-0.2, -0.15) is 4.98 Å². The Hall–Kier alpha value is -0.660. The Morgan fingerprint density at radius 1 is 1.36 bits per heavy atom. The number of hydrogen-bond donors (Lipinski definition) is 1. The van der Waals surface area contributed by atoms with Crippen LogP contribution in [0.5, 0.6) is 0 Å². The molecule has 0 atom stereocenters. The maximum Gasteiger partial charge on any atom is 0.247 e. The largest absolute Gasteiger partial charge is 0.381 e. The molecule has 0 aliphatic carbocycles. The molecule has 5 nitrogen and oxygen atoms in total. The van der Waals surface area contributed by atoms with E-state index in [4.69, 9.17) is 32.5 Å². The van der Waals surface area contributed by atoms with Gasteiger partial charge in [0.2, 0.25) is 5.89 Å². The van der Waals surface area contributed by atoms with Gasteiger partial charge in [0.05, 0.1) is 8.67 Å². The maximum atomic E-state index is 6.20. The Morgan fingerprint density at radius 2 is 2.14 bits per heavy atom. The Kier molecular flexibility index (Phi) is 5.04. The second-order valence-electron chi connectivity index (χ2n) is 5.27. The van der Waals surface area contributed by atoms with Gasteiger partial charge in [0, 0.05) is 26.2 Å². The number of aromatic nitrogens is 2. The van der Waals surface area contributed by atoms with Crippen molar-refractivity contribution in [2.75, 3.05) is 13.2 Å². The fraction of sp³-hybridized carbons (Fsp3) is 0.571. The normalized spacial score (nSPS) is 17.8. The van der Waals surface area contributed by atoms with Crippen LogP contribution >= 0.6 is 34.5 Å². The van der Waals surface area contributed by atoms with E-state index in [2.05, 4.69) is 15.5 Å². The molecule has 1 aliphatic rings. The lowest BCUT2D eigenvalue weighted by Crippen LogP contribution is -2.46. The van der Waals surface area contributed by atoms with Gasteiger partial charge in [0.15, 0.2) is 5.82 Å². The van der Waals surface area contributed by atoms with Gasteiger partial charge in [-0.15, -0.1) is 11.3 Å². The van der Waals surface area contributed by atoms with Crippen molar-refractivity contribution in [2.24, 2.45) is 0 Å². The number of nitrogens with zero attached hydrogens (tertiary/aromatic N) is 2. The molecule has 0 amide bonds. The molecule has 1 N–H and O–H groups in total. The minimum absolute atomic E-state index is 0.365. The summed E-state index contributed by atoms with van der Waals surface area (Å²) < 4.78 is 12.4. The first-order valence-corrected chi connectivity index (χ1v) is 8.80. The first-order valence-electron chi connectivity index (χ1n) is 7.22. The smallest absolute Gasteiger partial charge is 0.247 e. The predicted molar refractivity (Wildman–Crippen MR) is 86.6 cm³/mol. The molecule has 0 unspecified atom stereocenters. The van der Waals surface area contributed by atoms with E-state index in [9.17, 15) is 0 Å². The molecule has 2 aromatic heterocycles. The summed E-state index contributed by atoms with van der Waals surface area (Å²) in [5, 5.41) is 7.57. The van der Waals surface area contributed by atoms with Gasteiger partial charge >= 0.3 is 0 Å². The van der Waals surface area contributed by atoms with Crippen LogP contribution in [0.15, 0.2) is 10.6 Å². The molecule has 3 heterocycles. The molecule has 2 aromatic rings. The predicted octanol–water partition coefficient (Wildman–Crippen LogP) is 3.80. The van der Waals surface area contributed by atoms with E-state index < -0.39 is 0 Å². The molecule has 8 heteroatoms. The van der Waals surface area contributed by atoms with Gasteiger partial charge in [-0.25, -0.2) is 0 Å². The molecule has 0 saturated carbocycles. The van der Waals surface area contributed by atoms with E-state index in [1.54, 1.807) is 0 Å². The molecular formula is C14H17Cl2N3O2S. The van der Waals surface area contributed by atoms with E-state index >= 15 is 0 Å². The van der Waals surface area contributed by atoms with Gasteiger partial charge in [0.25, 0.3) is 0 Å². The summed E-state index contributed by atoms with van der Waals surface area (Å²) in [5.41, 5.74) is 0.619. The Labute approximate surface area is 142 Å². The standard InChI is InChI=1S/C14H17Cl2N3O2S/c1-2-11-18-13(21-19-11)14(3-5-20-6-4-14)17-8-9-7-10(15)22-12(9)16/h7,17H,2-6,8H2,1H3. The molecule has 3 rings (SSSR count). The van der Waals surface area contributed by atoms with E-state index in [1.807, 2.05) is 13.0 Å². The van der Waals surface area contributed by atoms with Crippen LogP contribution in [0.1, 0.15) is 37.0 Å². The third-order valence-electron chi connectivity index (χ3n) is 3.88. The Bertz CT molecular complexity index is 638. The highest BCUT2D eigenvalue weighted by atomic mass is 35.5. The lowest BCUT2D eigenvalue weighted by Gasteiger charge is -2.34. The number of halogens is 2. The second kappa shape index (κ2) is 6.84. The first kappa shape index (κ1) is 16.2. The van der Waals surface area contributed by atoms with Crippen molar-refractivity contribution >= 4 is 34.5 Å². The Morgan fingerprint density at radius 3 is 2.73 bits per heavy atom. The second-order valence-corrected chi connectivity index (χ2v) is 7.55. The van der Waals surface area contributed by atoms with Crippen molar-refractivity contribution in [3.8, 4) is 0 Å². The highest BCUT2D eigenvalue weighted by Crippen LogP contribution is 2.34. The lowest BCUT2D eigenvalue weighted by molar-refractivity contribution is 0.0218. The SMILES string of the molecule is CCc1noc(C2(NCc3cc(Cl)sc3Cl)CCOCC2)n1. The van der Waals surface area contributed by atoms with Gasteiger partial charge in [0.1, 0.15) is 5.54 Å². The van der Waals surface area contributed by atoms with Gasteiger partial charge in [-0.3, -0.25) is 5.32 Å². The number of thiophene rings is 1. The molecule has 0 aromatic carbocycles. The molecule has 0 radical (unpaired) electrons. The highest BCUT2D eigenvalue weighted by molar-refractivity contribution is 7.20. The van der Waals surface area contributed by atoms with Crippen LogP contribution in [0.2, 0.25) is 8.67 Å². The average Bonchev–Trinajstić information content (AvgIpc) is 3.13. The molecule has 0 bridgehead atoms. The molecule has 22 heavy (non-hydrogen) atoms. The van der Waals surface area contributed by atoms with Crippen molar-refractivity contribution < 1.29 is 9.26 Å². The summed E-state index contributed by atoms with van der Waals surface area (Å²) in [6.07, 6.45) is 2.32. The maximum absolute atomic E-state index is 6.20. The van der Waals surface area contributed by atoms with Gasteiger partial charge in [-0.05, 0) is 24.5 Å². The molecular weight excluding hydrogens is 345 g/mol. The van der Waals surface area contributed by atoms with Crippen LogP contribution < -0.4 is 5.32 Å². The lowest BCUT2D eigenvalue weighted by atomic mass is 9.89.